The summed E-state index contributed by atoms with van der Waals surface area (Å²) >= 11 is 0. The van der Waals surface area contributed by atoms with Crippen LogP contribution in [0.2, 0.25) is 0 Å². The fourth-order valence-electron chi connectivity index (χ4n) is 3.85. The van der Waals surface area contributed by atoms with E-state index in [9.17, 15) is 5.26 Å². The van der Waals surface area contributed by atoms with Gasteiger partial charge in [0.05, 0.1) is 39.9 Å². The average Bonchev–Trinajstić information content (AvgIpc) is 2.88. The summed E-state index contributed by atoms with van der Waals surface area (Å²) in [4.78, 5) is 2.06. The van der Waals surface area contributed by atoms with Crippen LogP contribution in [0.25, 0.3) is 0 Å². The van der Waals surface area contributed by atoms with E-state index in [-0.39, 0.29) is 30.1 Å². The highest BCUT2D eigenvalue weighted by Gasteiger charge is 2.36. The number of nitriles is 1. The first-order valence-corrected chi connectivity index (χ1v) is 10.8. The van der Waals surface area contributed by atoms with Crippen molar-refractivity contribution in [1.82, 2.24) is 4.90 Å². The Balaban J connectivity index is 0.00000800. The molecule has 7 heteroatoms. The van der Waals surface area contributed by atoms with E-state index in [1.165, 1.54) is 20.3 Å². The van der Waals surface area contributed by atoms with Crippen molar-refractivity contribution in [3.8, 4) is 29.1 Å². The maximum absolute atomic E-state index is 10.5. The summed E-state index contributed by atoms with van der Waals surface area (Å²) in [6, 6.07) is 12.5. The van der Waals surface area contributed by atoms with Gasteiger partial charge in [0, 0.05) is 14.8 Å². The van der Waals surface area contributed by atoms with Crippen LogP contribution in [0.5, 0.6) is 23.0 Å². The van der Waals surface area contributed by atoms with Gasteiger partial charge >= 0.3 is 0 Å². The number of nitrogens with zero attached hydrogens (tertiary/aromatic N) is 2. The van der Waals surface area contributed by atoms with Crippen LogP contribution in [0.15, 0.2) is 36.4 Å². The summed E-state index contributed by atoms with van der Waals surface area (Å²) < 4.78 is 70.0. The minimum absolute atomic E-state index is 0. The molecule has 0 saturated heterocycles. The third-order valence-corrected chi connectivity index (χ3v) is 5.93. The molecule has 0 aliphatic carbocycles. The van der Waals surface area contributed by atoms with Gasteiger partial charge < -0.3 is 23.8 Å². The van der Waals surface area contributed by atoms with E-state index < -0.39 is 25.0 Å². The largest absolute Gasteiger partial charge is 0.493 e. The summed E-state index contributed by atoms with van der Waals surface area (Å²) in [7, 11) is 7.97. The van der Waals surface area contributed by atoms with Gasteiger partial charge in [-0.3, -0.25) is 0 Å². The van der Waals surface area contributed by atoms with Gasteiger partial charge in [-0.1, -0.05) is 25.8 Å². The Bertz CT molecular complexity index is 1130. The van der Waals surface area contributed by atoms with Crippen molar-refractivity contribution in [2.24, 2.45) is 5.92 Å². The van der Waals surface area contributed by atoms with Gasteiger partial charge in [0.1, 0.15) is 0 Å². The zero-order valence-corrected chi connectivity index (χ0v) is 21.3. The summed E-state index contributed by atoms with van der Waals surface area (Å²) in [6.07, 6.45) is 1.15. The molecule has 0 bridgehead atoms. The number of ether oxygens (including phenoxy) is 4. The molecule has 0 aliphatic heterocycles. The number of benzene rings is 2. The predicted octanol–water partition coefficient (Wildman–Crippen LogP) is 5.51. The molecule has 0 unspecified atom stereocenters. The maximum Gasteiger partial charge on any atom is 0.161 e. The van der Waals surface area contributed by atoms with Crippen molar-refractivity contribution in [3.05, 3.63) is 47.5 Å². The van der Waals surface area contributed by atoms with E-state index in [1.807, 2.05) is 25.2 Å². The van der Waals surface area contributed by atoms with Crippen molar-refractivity contribution in [3.63, 3.8) is 0 Å². The lowest BCUT2D eigenvalue weighted by molar-refractivity contribution is 0.292. The summed E-state index contributed by atoms with van der Waals surface area (Å²) in [5.74, 6) is 0.0684. The fraction of sp³-hybridized carbons (Fsp3) is 0.519. The number of halogens is 1. The summed E-state index contributed by atoms with van der Waals surface area (Å²) in [6.45, 7) is -4.60. The Morgan fingerprint density at radius 1 is 0.912 bits per heavy atom. The van der Waals surface area contributed by atoms with Crippen molar-refractivity contribution in [2.45, 2.75) is 38.4 Å². The van der Waals surface area contributed by atoms with E-state index in [0.717, 1.165) is 12.0 Å². The van der Waals surface area contributed by atoms with Crippen LogP contribution in [0, 0.1) is 17.2 Å². The lowest BCUT2D eigenvalue weighted by Gasteiger charge is -2.32. The molecule has 1 atom stereocenters. The Labute approximate surface area is 219 Å². The number of methoxy groups -OCH3 is 4. The molecule has 0 spiro atoms. The van der Waals surface area contributed by atoms with Crippen LogP contribution in [0.1, 0.15) is 45.9 Å². The van der Waals surface area contributed by atoms with Crippen LogP contribution in [0.3, 0.4) is 0 Å². The van der Waals surface area contributed by atoms with Crippen LogP contribution in [0.4, 0.5) is 0 Å². The normalized spacial score (nSPS) is 15.8. The van der Waals surface area contributed by atoms with E-state index in [0.29, 0.717) is 36.8 Å². The molecule has 0 amide bonds. The minimum atomic E-state index is -2.91. The first-order chi connectivity index (χ1) is 18.3. The molecule has 0 heterocycles. The van der Waals surface area contributed by atoms with Gasteiger partial charge in [0.25, 0.3) is 0 Å². The molecule has 0 N–H and O–H groups in total. The van der Waals surface area contributed by atoms with Gasteiger partial charge in [0.2, 0.25) is 0 Å². The van der Waals surface area contributed by atoms with Gasteiger partial charge in [0.15, 0.2) is 23.0 Å². The highest BCUT2D eigenvalue weighted by atomic mass is 35.5. The third-order valence-electron chi connectivity index (χ3n) is 5.93. The number of likely N-dealkylation sites (N-methyl/N-ethyl adjacent to an activating group) is 1. The van der Waals surface area contributed by atoms with Gasteiger partial charge in [-0.15, -0.1) is 12.4 Å². The molecular formula is C27H39ClN2O4. The first kappa shape index (κ1) is 20.7. The quantitative estimate of drug-likeness (QED) is 0.364. The van der Waals surface area contributed by atoms with E-state index in [4.69, 9.17) is 27.2 Å². The average molecular weight is 497 g/mol. The van der Waals surface area contributed by atoms with Crippen molar-refractivity contribution >= 4 is 12.4 Å². The molecule has 2 rings (SSSR count). The lowest BCUT2D eigenvalue weighted by atomic mass is 9.69. The van der Waals surface area contributed by atoms with E-state index in [1.54, 1.807) is 26.4 Å². The molecule has 2 aromatic carbocycles. The molecule has 2 aromatic rings. The summed E-state index contributed by atoms with van der Waals surface area (Å²) in [5, 5.41) is 10.5. The Morgan fingerprint density at radius 3 is 2.06 bits per heavy atom. The fourth-order valence-corrected chi connectivity index (χ4v) is 3.85. The Kier molecular flexibility index (Phi) is 8.50. The Morgan fingerprint density at radius 2 is 1.50 bits per heavy atom. The van der Waals surface area contributed by atoms with Crippen molar-refractivity contribution < 1.29 is 27.2 Å². The zero-order chi connectivity index (χ0) is 29.4. The Hall–Kier alpha value is -2.62. The highest BCUT2D eigenvalue weighted by Crippen LogP contribution is 2.40. The molecule has 0 fully saturated rings. The van der Waals surface area contributed by atoms with Crippen LogP contribution in [-0.2, 0) is 11.8 Å². The van der Waals surface area contributed by atoms with Gasteiger partial charge in [-0.2, -0.15) is 5.26 Å². The van der Waals surface area contributed by atoms with Gasteiger partial charge in [-0.25, -0.2) is 0 Å². The second-order valence-corrected chi connectivity index (χ2v) is 7.93. The third kappa shape index (κ3) is 6.94. The number of hydrogen-bond acceptors (Lipinski definition) is 6. The molecule has 0 aromatic heterocycles. The first-order valence-electron chi connectivity index (χ1n) is 13.8. The monoisotopic (exact) mass is 496 g/mol. The van der Waals surface area contributed by atoms with Crippen LogP contribution < -0.4 is 18.9 Å². The second kappa shape index (κ2) is 13.9. The van der Waals surface area contributed by atoms with Gasteiger partial charge in [-0.05, 0) is 74.2 Å². The number of rotatable bonds is 13. The highest BCUT2D eigenvalue weighted by molar-refractivity contribution is 5.85. The smallest absolute Gasteiger partial charge is 0.161 e. The molecule has 188 valence electrons. The van der Waals surface area contributed by atoms with Crippen molar-refractivity contribution in [1.29, 1.82) is 5.26 Å². The van der Waals surface area contributed by atoms with Crippen molar-refractivity contribution in [2.75, 3.05) is 48.6 Å². The topological polar surface area (TPSA) is 64.0 Å². The SMILES string of the molecule is Cl.[2H]C([2H])([2H])C(C([2H])([2H])[2H])[C@](C#N)(CCCN(C)CCc1ccc(OC)c(OC)c1)c1ccc(OC)c(OC)c1. The lowest BCUT2D eigenvalue weighted by Crippen LogP contribution is -2.32. The van der Waals surface area contributed by atoms with Crippen LogP contribution >= 0.6 is 12.4 Å². The molecule has 0 aliphatic rings. The van der Waals surface area contributed by atoms with E-state index >= 15 is 0 Å². The molecule has 0 saturated carbocycles. The maximum atomic E-state index is 10.5. The second-order valence-electron chi connectivity index (χ2n) is 7.93. The zero-order valence-electron chi connectivity index (χ0n) is 26.5. The molecule has 6 nitrogen and oxygen atoms in total. The minimum Gasteiger partial charge on any atom is -0.493 e. The summed E-state index contributed by atoms with van der Waals surface area (Å²) in [5.41, 5.74) is -0.491. The predicted molar refractivity (Wildman–Crippen MR) is 139 cm³/mol. The molecule has 34 heavy (non-hydrogen) atoms. The number of hydrogen-bond donors (Lipinski definition) is 0. The standard InChI is InChI=1S/C27H38N2O4.ClH/c1-20(2)27(19-28,22-10-12-24(31-5)26(18-22)33-7)14-8-15-29(3)16-13-21-9-11-23(30-4)25(17-21)32-6;/h9-12,17-18,20H,8,13-16H2,1-7H3;1H/t27-;/m1./s1/i1D3,2D3;. The van der Waals surface area contributed by atoms with Crippen LogP contribution in [-0.4, -0.2) is 53.5 Å². The molecule has 0 radical (unpaired) electrons. The van der Waals surface area contributed by atoms with E-state index in [2.05, 4.69) is 11.0 Å². The molecular weight excluding hydrogens is 452 g/mol.